The summed E-state index contributed by atoms with van der Waals surface area (Å²) in [5.41, 5.74) is 1.14. The van der Waals surface area contributed by atoms with Crippen molar-refractivity contribution < 1.29 is 4.79 Å². The van der Waals surface area contributed by atoms with Gasteiger partial charge in [-0.25, -0.2) is 5.01 Å². The molecule has 1 aliphatic carbocycles. The van der Waals surface area contributed by atoms with Gasteiger partial charge in [-0.05, 0) is 32.6 Å². The van der Waals surface area contributed by atoms with E-state index in [4.69, 9.17) is 0 Å². The van der Waals surface area contributed by atoms with E-state index in [1.807, 2.05) is 13.8 Å². The molecule has 0 aromatic carbocycles. The van der Waals surface area contributed by atoms with Crippen LogP contribution in [0, 0.1) is 5.92 Å². The summed E-state index contributed by atoms with van der Waals surface area (Å²) in [7, 11) is 0. The lowest BCUT2D eigenvalue weighted by Crippen LogP contribution is -2.27. The predicted octanol–water partition coefficient (Wildman–Crippen LogP) is 2.17. The fourth-order valence-electron chi connectivity index (χ4n) is 2.35. The van der Waals surface area contributed by atoms with Crippen molar-refractivity contribution in [2.24, 2.45) is 11.0 Å². The Hall–Kier alpha value is -0.860. The van der Waals surface area contributed by atoms with E-state index in [2.05, 4.69) is 5.10 Å². The molecule has 0 aromatic heterocycles. The minimum Gasteiger partial charge on any atom is -0.273 e. The molecule has 1 heterocycles. The highest BCUT2D eigenvalue weighted by Crippen LogP contribution is 2.30. The van der Waals surface area contributed by atoms with Gasteiger partial charge in [0.25, 0.3) is 0 Å². The third-order valence-corrected chi connectivity index (χ3v) is 3.14. The van der Waals surface area contributed by atoms with Crippen LogP contribution in [0.15, 0.2) is 5.10 Å². The summed E-state index contributed by atoms with van der Waals surface area (Å²) in [5, 5.41) is 6.10. The smallest absolute Gasteiger partial charge is 0.248 e. The molecule has 0 radical (unpaired) electrons. The van der Waals surface area contributed by atoms with Gasteiger partial charge < -0.3 is 0 Å². The van der Waals surface area contributed by atoms with Crippen LogP contribution in [-0.2, 0) is 4.79 Å². The standard InChI is InChI=1S/C11H18N2O/c1-8(2)13-11(14)7-10(12-13)9-5-3-4-6-9/h8-9H,3-7H2,1-2H3. The normalized spacial score (nSPS) is 23.8. The molecule has 1 aliphatic heterocycles. The number of rotatable bonds is 2. The second-order valence-electron chi connectivity index (χ2n) is 4.58. The highest BCUT2D eigenvalue weighted by Gasteiger charge is 2.31. The number of hydrazone groups is 1. The van der Waals surface area contributed by atoms with Crippen molar-refractivity contribution in [2.45, 2.75) is 52.0 Å². The van der Waals surface area contributed by atoms with Crippen LogP contribution in [0.25, 0.3) is 0 Å². The van der Waals surface area contributed by atoms with Crippen LogP contribution in [0.2, 0.25) is 0 Å². The van der Waals surface area contributed by atoms with Crippen molar-refractivity contribution in [1.29, 1.82) is 0 Å². The molecule has 78 valence electrons. The van der Waals surface area contributed by atoms with Crippen molar-refractivity contribution >= 4 is 11.6 Å². The summed E-state index contributed by atoms with van der Waals surface area (Å²) in [4.78, 5) is 11.6. The molecular weight excluding hydrogens is 176 g/mol. The summed E-state index contributed by atoms with van der Waals surface area (Å²) in [5.74, 6) is 0.782. The maximum Gasteiger partial charge on any atom is 0.248 e. The lowest BCUT2D eigenvalue weighted by Gasteiger charge is -2.15. The molecule has 0 saturated heterocycles. The Labute approximate surface area is 85.2 Å². The second kappa shape index (κ2) is 3.71. The van der Waals surface area contributed by atoms with Crippen molar-refractivity contribution in [3.63, 3.8) is 0 Å². The van der Waals surface area contributed by atoms with Crippen LogP contribution in [0.1, 0.15) is 46.0 Å². The molecule has 3 heteroatoms. The summed E-state index contributed by atoms with van der Waals surface area (Å²) in [6.07, 6.45) is 5.65. The van der Waals surface area contributed by atoms with E-state index in [9.17, 15) is 4.79 Å². The zero-order valence-corrected chi connectivity index (χ0v) is 8.99. The third-order valence-electron chi connectivity index (χ3n) is 3.14. The molecule has 0 N–H and O–H groups in total. The number of hydrogen-bond donors (Lipinski definition) is 0. The highest BCUT2D eigenvalue weighted by molar-refractivity contribution is 6.06. The molecule has 2 rings (SSSR count). The number of amides is 1. The van der Waals surface area contributed by atoms with Crippen molar-refractivity contribution in [2.75, 3.05) is 0 Å². The summed E-state index contributed by atoms with van der Waals surface area (Å²) in [6, 6.07) is 0.210. The lowest BCUT2D eigenvalue weighted by molar-refractivity contribution is -0.130. The molecule has 1 amide bonds. The van der Waals surface area contributed by atoms with Gasteiger partial charge in [-0.15, -0.1) is 0 Å². The Morgan fingerprint density at radius 1 is 1.36 bits per heavy atom. The van der Waals surface area contributed by atoms with Gasteiger partial charge in [-0.2, -0.15) is 5.10 Å². The largest absolute Gasteiger partial charge is 0.273 e. The quantitative estimate of drug-likeness (QED) is 0.663. The minimum atomic E-state index is 0.182. The zero-order valence-electron chi connectivity index (χ0n) is 8.99. The van der Waals surface area contributed by atoms with Crippen LogP contribution < -0.4 is 0 Å². The SMILES string of the molecule is CC(C)N1N=C(C2CCCC2)CC1=O. The summed E-state index contributed by atoms with van der Waals surface area (Å²) in [6.45, 7) is 4.03. The van der Waals surface area contributed by atoms with Gasteiger partial charge in [0.15, 0.2) is 0 Å². The highest BCUT2D eigenvalue weighted by atomic mass is 16.2. The number of nitrogens with zero attached hydrogens (tertiary/aromatic N) is 2. The minimum absolute atomic E-state index is 0.182. The first-order chi connectivity index (χ1) is 6.68. The molecule has 0 aromatic rings. The molecular formula is C11H18N2O. The zero-order chi connectivity index (χ0) is 10.1. The van der Waals surface area contributed by atoms with Crippen molar-refractivity contribution in [3.8, 4) is 0 Å². The van der Waals surface area contributed by atoms with Crippen LogP contribution in [0.3, 0.4) is 0 Å². The van der Waals surface area contributed by atoms with Crippen LogP contribution >= 0.6 is 0 Å². The number of carbonyl (C=O) groups excluding carboxylic acids is 1. The molecule has 3 nitrogen and oxygen atoms in total. The molecule has 2 aliphatic rings. The molecule has 0 atom stereocenters. The van der Waals surface area contributed by atoms with E-state index >= 15 is 0 Å². The van der Waals surface area contributed by atoms with Gasteiger partial charge in [0, 0.05) is 6.04 Å². The van der Waals surface area contributed by atoms with Gasteiger partial charge in [-0.1, -0.05) is 12.8 Å². The number of hydrogen-bond acceptors (Lipinski definition) is 2. The topological polar surface area (TPSA) is 32.7 Å². The molecule has 0 unspecified atom stereocenters. The Morgan fingerprint density at radius 3 is 2.50 bits per heavy atom. The fraction of sp³-hybridized carbons (Fsp3) is 0.818. The molecule has 0 spiro atoms. The van der Waals surface area contributed by atoms with Crippen molar-refractivity contribution in [3.05, 3.63) is 0 Å². The summed E-state index contributed by atoms with van der Waals surface area (Å²) < 4.78 is 0. The monoisotopic (exact) mass is 194 g/mol. The first-order valence-corrected chi connectivity index (χ1v) is 5.58. The Kier molecular flexibility index (Phi) is 2.57. The maximum absolute atomic E-state index is 11.6. The van der Waals surface area contributed by atoms with E-state index < -0.39 is 0 Å². The Bertz CT molecular complexity index is 264. The predicted molar refractivity (Wildman–Crippen MR) is 56.0 cm³/mol. The van der Waals surface area contributed by atoms with Gasteiger partial charge in [0.1, 0.15) is 0 Å². The third kappa shape index (κ3) is 1.68. The Morgan fingerprint density at radius 2 is 2.00 bits per heavy atom. The summed E-state index contributed by atoms with van der Waals surface area (Å²) >= 11 is 0. The maximum atomic E-state index is 11.6. The van der Waals surface area contributed by atoms with Gasteiger partial charge in [0.2, 0.25) is 5.91 Å². The fourth-order valence-corrected chi connectivity index (χ4v) is 2.35. The first kappa shape index (κ1) is 9.69. The van der Waals surface area contributed by atoms with E-state index in [-0.39, 0.29) is 11.9 Å². The van der Waals surface area contributed by atoms with E-state index in [0.717, 1.165) is 5.71 Å². The van der Waals surface area contributed by atoms with Gasteiger partial charge >= 0.3 is 0 Å². The van der Waals surface area contributed by atoms with E-state index in [0.29, 0.717) is 12.3 Å². The van der Waals surface area contributed by atoms with Crippen LogP contribution in [0.4, 0.5) is 0 Å². The van der Waals surface area contributed by atoms with E-state index in [1.54, 1.807) is 5.01 Å². The second-order valence-corrected chi connectivity index (χ2v) is 4.58. The van der Waals surface area contributed by atoms with Gasteiger partial charge in [-0.3, -0.25) is 4.79 Å². The van der Waals surface area contributed by atoms with Crippen LogP contribution in [0.5, 0.6) is 0 Å². The first-order valence-electron chi connectivity index (χ1n) is 5.58. The lowest BCUT2D eigenvalue weighted by atomic mass is 10.00. The number of carbonyl (C=O) groups is 1. The Balaban J connectivity index is 2.07. The molecule has 1 saturated carbocycles. The average Bonchev–Trinajstić information content (AvgIpc) is 2.70. The van der Waals surface area contributed by atoms with Gasteiger partial charge in [0.05, 0.1) is 12.1 Å². The van der Waals surface area contributed by atoms with E-state index in [1.165, 1.54) is 25.7 Å². The molecule has 1 fully saturated rings. The van der Waals surface area contributed by atoms with Crippen molar-refractivity contribution in [1.82, 2.24) is 5.01 Å². The average molecular weight is 194 g/mol. The molecule has 14 heavy (non-hydrogen) atoms. The molecule has 0 bridgehead atoms. The van der Waals surface area contributed by atoms with Crippen LogP contribution in [-0.4, -0.2) is 22.7 Å².